The van der Waals surface area contributed by atoms with Crippen molar-refractivity contribution in [2.75, 3.05) is 11.8 Å². The molecule has 2 aliphatic heterocycles. The molecule has 8 nitrogen and oxygen atoms in total. The van der Waals surface area contributed by atoms with Crippen molar-refractivity contribution in [2.45, 2.75) is 61.4 Å². The molecule has 136 valence electrons. The Balaban J connectivity index is 1.68. The molecule has 1 aliphatic carbocycles. The lowest BCUT2D eigenvalue weighted by Crippen LogP contribution is -2.46. The first kappa shape index (κ1) is 16.7. The average Bonchev–Trinajstić information content (AvgIpc) is 3.40. The van der Waals surface area contributed by atoms with E-state index in [1.165, 1.54) is 13.3 Å². The Kier molecular flexibility index (Phi) is 3.95. The molecule has 0 spiro atoms. The van der Waals surface area contributed by atoms with Gasteiger partial charge in [0.05, 0.1) is 30.3 Å². The molecule has 0 aromatic carbocycles. The van der Waals surface area contributed by atoms with Crippen molar-refractivity contribution in [1.29, 1.82) is 0 Å². The van der Waals surface area contributed by atoms with E-state index in [0.717, 1.165) is 12.8 Å². The Labute approximate surface area is 146 Å². The summed E-state index contributed by atoms with van der Waals surface area (Å²) in [6.07, 6.45) is 5.59. The summed E-state index contributed by atoms with van der Waals surface area (Å²) in [6.45, 7) is 0. The summed E-state index contributed by atoms with van der Waals surface area (Å²) in [6, 6.07) is 1.66. The lowest BCUT2D eigenvalue weighted by Gasteiger charge is -2.37. The van der Waals surface area contributed by atoms with Crippen LogP contribution in [-0.2, 0) is 29.7 Å². The number of methoxy groups -OCH3 is 1. The highest BCUT2D eigenvalue weighted by Crippen LogP contribution is 2.46. The Morgan fingerprint density at radius 1 is 1.28 bits per heavy atom. The zero-order valence-electron chi connectivity index (χ0n) is 14.0. The molecule has 2 saturated heterocycles. The van der Waals surface area contributed by atoms with Crippen molar-refractivity contribution in [3.05, 3.63) is 18.0 Å². The van der Waals surface area contributed by atoms with E-state index in [1.807, 2.05) is 0 Å². The molecule has 1 aromatic rings. The minimum atomic E-state index is -3.46. The van der Waals surface area contributed by atoms with Crippen molar-refractivity contribution < 1.29 is 22.7 Å². The third-order valence-electron chi connectivity index (χ3n) is 5.27. The van der Waals surface area contributed by atoms with Crippen LogP contribution in [0.15, 0.2) is 12.3 Å². The van der Waals surface area contributed by atoms with E-state index < -0.39 is 15.4 Å². The number of esters is 1. The molecule has 2 bridgehead atoms. The van der Waals surface area contributed by atoms with Gasteiger partial charge in [-0.1, -0.05) is 0 Å². The van der Waals surface area contributed by atoms with Gasteiger partial charge >= 0.3 is 5.97 Å². The molecule has 1 aromatic heterocycles. The number of carbonyl (C=O) groups is 1. The number of aromatic nitrogens is 2. The number of fused-ring (bicyclic) bond motifs is 2. The number of anilines is 1. The van der Waals surface area contributed by atoms with Gasteiger partial charge in [-0.3, -0.25) is 9.52 Å². The molecular weight excluding hydrogens is 346 g/mol. The predicted molar refractivity (Wildman–Crippen MR) is 88.4 cm³/mol. The topological polar surface area (TPSA) is 107 Å². The summed E-state index contributed by atoms with van der Waals surface area (Å²) < 4.78 is 37.6. The Morgan fingerprint density at radius 3 is 2.56 bits per heavy atom. The normalized spacial score (nSPS) is 31.6. The highest BCUT2D eigenvalue weighted by molar-refractivity contribution is 7.93. The monoisotopic (exact) mass is 367 g/mol. The number of nitrogens with zero attached hydrogens (tertiary/aromatic N) is 2. The summed E-state index contributed by atoms with van der Waals surface area (Å²) >= 11 is 0. The summed E-state index contributed by atoms with van der Waals surface area (Å²) in [5, 5.41) is -0.367. The van der Waals surface area contributed by atoms with Gasteiger partial charge in [0.1, 0.15) is 5.41 Å². The fourth-order valence-corrected chi connectivity index (χ4v) is 5.16. The van der Waals surface area contributed by atoms with E-state index in [1.54, 1.807) is 6.07 Å². The van der Waals surface area contributed by atoms with Gasteiger partial charge in [0.2, 0.25) is 16.0 Å². The second kappa shape index (κ2) is 5.91. The largest absolute Gasteiger partial charge is 0.468 e. The first-order valence-corrected chi connectivity index (χ1v) is 10.1. The number of ether oxygens (including phenoxy) is 2. The third-order valence-corrected chi connectivity index (χ3v) is 7.08. The highest BCUT2D eigenvalue weighted by Gasteiger charge is 2.52. The molecule has 0 radical (unpaired) electrons. The number of nitrogens with one attached hydrogen (secondary N) is 1. The first-order chi connectivity index (χ1) is 11.9. The van der Waals surface area contributed by atoms with Gasteiger partial charge in [0, 0.05) is 6.20 Å². The summed E-state index contributed by atoms with van der Waals surface area (Å²) in [4.78, 5) is 21.0. The fraction of sp³-hybridized carbons (Fsp3) is 0.688. The first-order valence-electron chi connectivity index (χ1n) is 8.52. The van der Waals surface area contributed by atoms with Crippen LogP contribution in [0.5, 0.6) is 0 Å². The molecule has 9 heteroatoms. The maximum Gasteiger partial charge on any atom is 0.318 e. The van der Waals surface area contributed by atoms with Gasteiger partial charge in [-0.25, -0.2) is 18.4 Å². The molecule has 25 heavy (non-hydrogen) atoms. The van der Waals surface area contributed by atoms with Gasteiger partial charge in [-0.15, -0.1) is 0 Å². The molecule has 3 heterocycles. The lowest BCUT2D eigenvalue weighted by atomic mass is 9.74. The minimum Gasteiger partial charge on any atom is -0.468 e. The maximum absolute atomic E-state index is 12.6. The van der Waals surface area contributed by atoms with Gasteiger partial charge < -0.3 is 9.47 Å². The van der Waals surface area contributed by atoms with E-state index in [9.17, 15) is 13.2 Å². The fourth-order valence-electron chi connectivity index (χ4n) is 3.88. The Morgan fingerprint density at radius 2 is 1.96 bits per heavy atom. The van der Waals surface area contributed by atoms with E-state index in [2.05, 4.69) is 14.7 Å². The maximum atomic E-state index is 12.6. The van der Waals surface area contributed by atoms with E-state index in [0.29, 0.717) is 31.4 Å². The van der Waals surface area contributed by atoms with Crippen LogP contribution in [0, 0.1) is 0 Å². The number of rotatable bonds is 5. The summed E-state index contributed by atoms with van der Waals surface area (Å²) in [5.41, 5.74) is -0.426. The number of carbonyl (C=O) groups excluding carboxylic acids is 1. The molecule has 3 aliphatic rings. The SMILES string of the molecule is COC(=O)C1(c2ccnc(NS(=O)(=O)C3CC3)n2)CC2CCC(C1)O2. The number of hydrogen-bond acceptors (Lipinski definition) is 7. The molecule has 4 rings (SSSR count). The number of hydrogen-bond donors (Lipinski definition) is 1. The molecule has 0 amide bonds. The van der Waals surface area contributed by atoms with Gasteiger partial charge in [0.15, 0.2) is 0 Å². The molecule has 2 unspecified atom stereocenters. The van der Waals surface area contributed by atoms with Gasteiger partial charge in [-0.05, 0) is 44.6 Å². The molecule has 3 fully saturated rings. The van der Waals surface area contributed by atoms with Crippen LogP contribution in [0.25, 0.3) is 0 Å². The standard InChI is InChI=1S/C16H21N3O5S/c1-23-14(20)16(8-10-2-3-11(9-16)24-10)13-6-7-17-15(18-13)19-25(21,22)12-4-5-12/h6-7,10-12H,2-5,8-9H2,1H3,(H,17,18,19). The van der Waals surface area contributed by atoms with Crippen molar-refractivity contribution in [3.8, 4) is 0 Å². The van der Waals surface area contributed by atoms with Crippen molar-refractivity contribution in [1.82, 2.24) is 9.97 Å². The quantitative estimate of drug-likeness (QED) is 0.777. The van der Waals surface area contributed by atoms with Gasteiger partial charge in [0.25, 0.3) is 0 Å². The van der Waals surface area contributed by atoms with Crippen LogP contribution in [0.1, 0.15) is 44.2 Å². The zero-order chi connectivity index (χ0) is 17.7. The molecule has 2 atom stereocenters. The third kappa shape index (κ3) is 2.99. The van der Waals surface area contributed by atoms with Crippen molar-refractivity contribution >= 4 is 21.9 Å². The molecule has 1 N–H and O–H groups in total. The summed E-state index contributed by atoms with van der Waals surface area (Å²) in [7, 11) is -2.10. The lowest BCUT2D eigenvalue weighted by molar-refractivity contribution is -0.155. The van der Waals surface area contributed by atoms with E-state index in [4.69, 9.17) is 9.47 Å². The van der Waals surface area contributed by atoms with Crippen LogP contribution in [-0.4, -0.2) is 48.9 Å². The summed E-state index contributed by atoms with van der Waals surface area (Å²) in [5.74, 6) is -0.353. The number of sulfonamides is 1. The molecular formula is C16H21N3O5S. The van der Waals surface area contributed by atoms with Crippen molar-refractivity contribution in [2.24, 2.45) is 0 Å². The smallest absolute Gasteiger partial charge is 0.318 e. The van der Waals surface area contributed by atoms with Crippen LogP contribution in [0.3, 0.4) is 0 Å². The second-order valence-corrected chi connectivity index (χ2v) is 9.01. The van der Waals surface area contributed by atoms with E-state index in [-0.39, 0.29) is 29.4 Å². The van der Waals surface area contributed by atoms with Gasteiger partial charge in [-0.2, -0.15) is 0 Å². The Bertz CT molecular complexity index is 781. The van der Waals surface area contributed by atoms with Crippen LogP contribution >= 0.6 is 0 Å². The average molecular weight is 367 g/mol. The molecule has 1 saturated carbocycles. The Hall–Kier alpha value is -1.74. The van der Waals surface area contributed by atoms with Crippen LogP contribution in [0.2, 0.25) is 0 Å². The van der Waals surface area contributed by atoms with Crippen molar-refractivity contribution in [3.63, 3.8) is 0 Å². The van der Waals surface area contributed by atoms with Crippen LogP contribution in [0.4, 0.5) is 5.95 Å². The minimum absolute atomic E-state index is 0.000536. The highest BCUT2D eigenvalue weighted by atomic mass is 32.2. The van der Waals surface area contributed by atoms with E-state index >= 15 is 0 Å². The second-order valence-electron chi connectivity index (χ2n) is 7.05. The zero-order valence-corrected chi connectivity index (χ0v) is 14.8. The predicted octanol–water partition coefficient (Wildman–Crippen LogP) is 1.13. The van der Waals surface area contributed by atoms with Crippen LogP contribution < -0.4 is 4.72 Å².